The molecule has 2 aliphatic rings. The Hall–Kier alpha value is -1.26. The minimum atomic E-state index is 0.333. The first-order valence-electron chi connectivity index (χ1n) is 8.52. The summed E-state index contributed by atoms with van der Waals surface area (Å²) in [5.41, 5.74) is 0. The second kappa shape index (κ2) is 8.90. The number of hydrogen-bond donors (Lipinski definition) is 2. The van der Waals surface area contributed by atoms with E-state index in [1.165, 1.54) is 25.7 Å². The number of amides is 1. The molecule has 2 N–H and O–H groups in total. The van der Waals surface area contributed by atoms with Crippen molar-refractivity contribution in [2.45, 2.75) is 51.4 Å². The molecule has 0 aromatic rings. The van der Waals surface area contributed by atoms with Crippen LogP contribution in [0, 0.1) is 5.92 Å². The van der Waals surface area contributed by atoms with Crippen LogP contribution in [-0.2, 0) is 4.79 Å². The van der Waals surface area contributed by atoms with Gasteiger partial charge < -0.3 is 15.5 Å². The molecule has 1 amide bonds. The summed E-state index contributed by atoms with van der Waals surface area (Å²) in [6, 6.07) is 0. The molecule has 0 radical (unpaired) electrons. The van der Waals surface area contributed by atoms with Crippen molar-refractivity contribution in [2.24, 2.45) is 10.9 Å². The van der Waals surface area contributed by atoms with Gasteiger partial charge in [0.25, 0.3) is 0 Å². The maximum atomic E-state index is 11.9. The Labute approximate surface area is 128 Å². The molecule has 120 valence electrons. The minimum absolute atomic E-state index is 0.333. The topological polar surface area (TPSA) is 56.7 Å². The van der Waals surface area contributed by atoms with Gasteiger partial charge in [-0.3, -0.25) is 9.79 Å². The zero-order chi connectivity index (χ0) is 14.9. The van der Waals surface area contributed by atoms with Crippen molar-refractivity contribution in [3.8, 4) is 0 Å². The van der Waals surface area contributed by atoms with E-state index in [4.69, 9.17) is 0 Å². The second-order valence-corrected chi connectivity index (χ2v) is 6.22. The fraction of sp³-hybridized carbons (Fsp3) is 0.875. The number of nitrogens with zero attached hydrogens (tertiary/aromatic N) is 2. The highest BCUT2D eigenvalue weighted by atomic mass is 16.2. The van der Waals surface area contributed by atoms with Crippen molar-refractivity contribution in [3.63, 3.8) is 0 Å². The van der Waals surface area contributed by atoms with Crippen molar-refractivity contribution >= 4 is 11.9 Å². The van der Waals surface area contributed by atoms with Gasteiger partial charge in [-0.2, -0.15) is 0 Å². The van der Waals surface area contributed by atoms with Gasteiger partial charge in [-0.1, -0.05) is 12.8 Å². The van der Waals surface area contributed by atoms with E-state index in [0.717, 1.165) is 63.7 Å². The van der Waals surface area contributed by atoms with Gasteiger partial charge in [0, 0.05) is 39.6 Å². The Morgan fingerprint density at radius 2 is 2.10 bits per heavy atom. The largest absolute Gasteiger partial charge is 0.356 e. The Morgan fingerprint density at radius 1 is 1.24 bits per heavy atom. The van der Waals surface area contributed by atoms with Crippen molar-refractivity contribution in [3.05, 3.63) is 0 Å². The molecule has 1 saturated carbocycles. The summed E-state index contributed by atoms with van der Waals surface area (Å²) in [5, 5.41) is 6.73. The number of guanidine groups is 1. The van der Waals surface area contributed by atoms with E-state index in [-0.39, 0.29) is 0 Å². The highest BCUT2D eigenvalue weighted by Crippen LogP contribution is 2.24. The van der Waals surface area contributed by atoms with Crippen LogP contribution in [0.2, 0.25) is 0 Å². The van der Waals surface area contributed by atoms with Gasteiger partial charge in [-0.05, 0) is 38.0 Å². The van der Waals surface area contributed by atoms with E-state index >= 15 is 0 Å². The van der Waals surface area contributed by atoms with Crippen LogP contribution in [0.4, 0.5) is 0 Å². The second-order valence-electron chi connectivity index (χ2n) is 6.22. The van der Waals surface area contributed by atoms with Crippen molar-refractivity contribution in [2.75, 3.05) is 33.2 Å². The summed E-state index contributed by atoms with van der Waals surface area (Å²) in [6.07, 6.45) is 9.20. The first-order chi connectivity index (χ1) is 10.3. The maximum Gasteiger partial charge on any atom is 0.222 e. The summed E-state index contributed by atoms with van der Waals surface area (Å²) in [4.78, 5) is 18.2. The predicted molar refractivity (Wildman–Crippen MR) is 86.4 cm³/mol. The third-order valence-electron chi connectivity index (χ3n) is 4.58. The van der Waals surface area contributed by atoms with Crippen LogP contribution >= 0.6 is 0 Å². The first kappa shape index (κ1) is 16.1. The van der Waals surface area contributed by atoms with Crippen molar-refractivity contribution in [1.82, 2.24) is 15.5 Å². The molecule has 0 aromatic heterocycles. The molecule has 1 saturated heterocycles. The van der Waals surface area contributed by atoms with E-state index < -0.39 is 0 Å². The quantitative estimate of drug-likeness (QED) is 0.446. The molecule has 0 bridgehead atoms. The smallest absolute Gasteiger partial charge is 0.222 e. The molecule has 1 heterocycles. The van der Waals surface area contributed by atoms with Crippen LogP contribution in [-0.4, -0.2) is 50.0 Å². The number of nitrogens with one attached hydrogen (secondary N) is 2. The molecule has 0 spiro atoms. The van der Waals surface area contributed by atoms with E-state index in [9.17, 15) is 4.79 Å². The highest BCUT2D eigenvalue weighted by molar-refractivity contribution is 5.79. The Bertz CT molecular complexity index is 352. The Morgan fingerprint density at radius 3 is 2.81 bits per heavy atom. The highest BCUT2D eigenvalue weighted by Gasteiger charge is 2.17. The zero-order valence-corrected chi connectivity index (χ0v) is 13.4. The van der Waals surface area contributed by atoms with Crippen LogP contribution in [0.1, 0.15) is 51.4 Å². The maximum absolute atomic E-state index is 11.9. The fourth-order valence-corrected chi connectivity index (χ4v) is 2.91. The van der Waals surface area contributed by atoms with Crippen LogP contribution in [0.3, 0.4) is 0 Å². The average molecular weight is 294 g/mol. The van der Waals surface area contributed by atoms with Gasteiger partial charge in [0.1, 0.15) is 0 Å². The fourth-order valence-electron chi connectivity index (χ4n) is 2.91. The normalized spacial score (nSPS) is 20.9. The Kier molecular flexibility index (Phi) is 6.83. The molecule has 0 aromatic carbocycles. The summed E-state index contributed by atoms with van der Waals surface area (Å²) < 4.78 is 0. The van der Waals surface area contributed by atoms with Crippen LogP contribution < -0.4 is 10.6 Å². The van der Waals surface area contributed by atoms with Gasteiger partial charge in [0.2, 0.25) is 5.91 Å². The minimum Gasteiger partial charge on any atom is -0.356 e. The van der Waals surface area contributed by atoms with Gasteiger partial charge in [0.15, 0.2) is 5.96 Å². The zero-order valence-electron chi connectivity index (χ0n) is 13.4. The number of likely N-dealkylation sites (tertiary alicyclic amines) is 1. The molecule has 0 unspecified atom stereocenters. The molecule has 2 fully saturated rings. The number of rotatable bonds is 6. The average Bonchev–Trinajstić information content (AvgIpc) is 2.64. The van der Waals surface area contributed by atoms with Crippen molar-refractivity contribution in [1.29, 1.82) is 0 Å². The molecule has 21 heavy (non-hydrogen) atoms. The number of aliphatic imine (C=N–C) groups is 1. The lowest BCUT2D eigenvalue weighted by molar-refractivity contribution is -0.130. The lowest BCUT2D eigenvalue weighted by Gasteiger charge is -2.26. The lowest BCUT2D eigenvalue weighted by atomic mass is 9.85. The summed E-state index contributed by atoms with van der Waals surface area (Å²) >= 11 is 0. The van der Waals surface area contributed by atoms with Gasteiger partial charge in [-0.15, -0.1) is 0 Å². The summed E-state index contributed by atoms with van der Waals surface area (Å²) in [7, 11) is 1.81. The molecule has 5 heteroatoms. The third-order valence-corrected chi connectivity index (χ3v) is 4.58. The SMILES string of the molecule is CN=C(NCCCN1CCCCCC1=O)NCC1CCC1. The summed E-state index contributed by atoms with van der Waals surface area (Å²) in [5.74, 6) is 2.06. The summed E-state index contributed by atoms with van der Waals surface area (Å²) in [6.45, 7) is 3.71. The third kappa shape index (κ3) is 5.56. The molecule has 2 rings (SSSR count). The lowest BCUT2D eigenvalue weighted by Crippen LogP contribution is -2.42. The van der Waals surface area contributed by atoms with Gasteiger partial charge in [0.05, 0.1) is 0 Å². The first-order valence-corrected chi connectivity index (χ1v) is 8.52. The van der Waals surface area contributed by atoms with E-state index in [1.807, 2.05) is 11.9 Å². The molecule has 5 nitrogen and oxygen atoms in total. The molecular formula is C16H30N4O. The van der Waals surface area contributed by atoms with Gasteiger partial charge >= 0.3 is 0 Å². The molecule has 0 atom stereocenters. The van der Waals surface area contributed by atoms with E-state index in [2.05, 4.69) is 15.6 Å². The molecule has 1 aliphatic heterocycles. The predicted octanol–water partition coefficient (Wildman–Crippen LogP) is 1.74. The number of carbonyl (C=O) groups excluding carboxylic acids is 1. The van der Waals surface area contributed by atoms with E-state index in [1.54, 1.807) is 0 Å². The molecular weight excluding hydrogens is 264 g/mol. The van der Waals surface area contributed by atoms with Crippen LogP contribution in [0.15, 0.2) is 4.99 Å². The number of carbonyl (C=O) groups is 1. The molecule has 1 aliphatic carbocycles. The number of hydrogen-bond acceptors (Lipinski definition) is 2. The standard InChI is InChI=1S/C16H30N4O/c1-17-16(19-13-14-7-5-8-14)18-10-6-12-20-11-4-2-3-9-15(20)21/h14H,2-13H2,1H3,(H2,17,18,19). The monoisotopic (exact) mass is 294 g/mol. The van der Waals surface area contributed by atoms with Crippen LogP contribution in [0.25, 0.3) is 0 Å². The van der Waals surface area contributed by atoms with Crippen LogP contribution in [0.5, 0.6) is 0 Å². The van der Waals surface area contributed by atoms with Gasteiger partial charge in [-0.25, -0.2) is 0 Å². The Balaban J connectivity index is 1.57. The van der Waals surface area contributed by atoms with E-state index in [0.29, 0.717) is 5.91 Å². The van der Waals surface area contributed by atoms with Crippen molar-refractivity contribution < 1.29 is 4.79 Å².